The Morgan fingerprint density at radius 1 is 1.04 bits per heavy atom. The molecule has 136 valence electrons. The number of nitrogens with zero attached hydrogens (tertiary/aromatic N) is 1. The maximum Gasteiger partial charge on any atom is 0.193 e. The van der Waals surface area contributed by atoms with E-state index in [0.29, 0.717) is 40.9 Å². The zero-order chi connectivity index (χ0) is 19.8. The van der Waals surface area contributed by atoms with Gasteiger partial charge in [-0.25, -0.2) is 0 Å². The van der Waals surface area contributed by atoms with Gasteiger partial charge in [0.1, 0.15) is 7.85 Å². The van der Waals surface area contributed by atoms with E-state index >= 15 is 0 Å². The lowest BCUT2D eigenvalue weighted by Crippen LogP contribution is -2.17. The van der Waals surface area contributed by atoms with Crippen molar-refractivity contribution in [3.63, 3.8) is 0 Å². The van der Waals surface area contributed by atoms with Gasteiger partial charge in [0.15, 0.2) is 17.3 Å². The van der Waals surface area contributed by atoms with Gasteiger partial charge < -0.3 is 15.1 Å². The second-order valence-electron chi connectivity index (χ2n) is 6.89. The molecule has 0 aromatic heterocycles. The number of aromatic hydroxyl groups is 2. The van der Waals surface area contributed by atoms with Gasteiger partial charge in [0.2, 0.25) is 0 Å². The van der Waals surface area contributed by atoms with Crippen molar-refractivity contribution in [1.29, 1.82) is 0 Å². The first kappa shape index (κ1) is 17.9. The van der Waals surface area contributed by atoms with E-state index in [1.54, 1.807) is 18.2 Å². The van der Waals surface area contributed by atoms with Crippen molar-refractivity contribution in [2.45, 2.75) is 13.1 Å². The Balaban J connectivity index is 1.59. The maximum atomic E-state index is 12.7. The topological polar surface area (TPSA) is 60.8 Å². The number of hydrogen-bond acceptors (Lipinski definition) is 4. The Labute approximate surface area is 164 Å². The fraction of sp³-hybridized carbons (Fsp3) is 0.0870. The highest BCUT2D eigenvalue weighted by atomic mass is 16.3. The monoisotopic (exact) mass is 367 g/mol. The van der Waals surface area contributed by atoms with Crippen LogP contribution in [-0.2, 0) is 13.1 Å². The van der Waals surface area contributed by atoms with Crippen LogP contribution >= 0.6 is 0 Å². The lowest BCUT2D eigenvalue weighted by molar-refractivity contribution is 0.103. The Hall–Kier alpha value is -3.47. The average Bonchev–Trinajstić information content (AvgIpc) is 3.03. The molecule has 0 unspecified atom stereocenters. The fourth-order valence-electron chi connectivity index (χ4n) is 3.58. The van der Waals surface area contributed by atoms with Gasteiger partial charge in [0, 0.05) is 35.5 Å². The Bertz CT molecular complexity index is 1090. The van der Waals surface area contributed by atoms with Crippen LogP contribution in [0, 0.1) is 0 Å². The molecule has 4 rings (SSSR count). The first-order valence-electron chi connectivity index (χ1n) is 8.92. The highest BCUT2D eigenvalue weighted by molar-refractivity contribution is 6.34. The number of fused-ring (bicyclic) bond motifs is 1. The van der Waals surface area contributed by atoms with Crippen molar-refractivity contribution in [2.24, 2.45) is 0 Å². The first-order valence-corrected chi connectivity index (χ1v) is 8.92. The van der Waals surface area contributed by atoms with E-state index in [2.05, 4.69) is 6.58 Å². The highest BCUT2D eigenvalue weighted by Crippen LogP contribution is 2.41. The van der Waals surface area contributed by atoms with Crippen LogP contribution in [0.15, 0.2) is 67.2 Å². The summed E-state index contributed by atoms with van der Waals surface area (Å²) in [4.78, 5) is 14.7. The number of rotatable bonds is 4. The van der Waals surface area contributed by atoms with E-state index < -0.39 is 0 Å². The third-order valence-corrected chi connectivity index (χ3v) is 5.04. The molecule has 28 heavy (non-hydrogen) atoms. The van der Waals surface area contributed by atoms with Gasteiger partial charge in [-0.05, 0) is 23.3 Å². The van der Waals surface area contributed by atoms with Crippen molar-refractivity contribution in [3.8, 4) is 11.5 Å². The van der Waals surface area contributed by atoms with Crippen molar-refractivity contribution >= 4 is 24.8 Å². The van der Waals surface area contributed by atoms with Gasteiger partial charge in [-0.15, -0.1) is 0 Å². The normalized spacial score (nSPS) is 12.9. The molecule has 0 amide bonds. The number of carbonyl (C=O) groups excluding carboxylic acids is 1. The minimum Gasteiger partial charge on any atom is -0.504 e. The van der Waals surface area contributed by atoms with Crippen LogP contribution < -0.4 is 5.46 Å². The zero-order valence-electron chi connectivity index (χ0n) is 15.2. The molecule has 1 aliphatic heterocycles. The quantitative estimate of drug-likeness (QED) is 0.423. The summed E-state index contributed by atoms with van der Waals surface area (Å²) in [5, 5.41) is 20.0. The molecule has 1 heterocycles. The van der Waals surface area contributed by atoms with E-state index in [-0.39, 0.29) is 17.3 Å². The molecule has 5 heteroatoms. The van der Waals surface area contributed by atoms with Crippen LogP contribution in [0.3, 0.4) is 0 Å². The largest absolute Gasteiger partial charge is 0.504 e. The summed E-state index contributed by atoms with van der Waals surface area (Å²) < 4.78 is 0. The standard InChI is InChI=1S/C23H18BNO3/c1-14-21-18(19(24)11-20(26)23(21)28)13-25(14)12-15-6-5-9-17(10-15)22(27)16-7-3-2-4-8-16/h2-11,26,28H,1,12-13H2. The minimum atomic E-state index is -0.255. The van der Waals surface area contributed by atoms with Gasteiger partial charge in [-0.2, -0.15) is 0 Å². The van der Waals surface area contributed by atoms with Crippen LogP contribution in [0.1, 0.15) is 32.6 Å². The number of ketones is 1. The predicted molar refractivity (Wildman–Crippen MR) is 110 cm³/mol. The molecule has 2 radical (unpaired) electrons. The van der Waals surface area contributed by atoms with E-state index in [0.717, 1.165) is 11.1 Å². The highest BCUT2D eigenvalue weighted by Gasteiger charge is 2.28. The summed E-state index contributed by atoms with van der Waals surface area (Å²) in [7, 11) is 6.00. The Morgan fingerprint density at radius 2 is 1.75 bits per heavy atom. The number of hydrogen-bond donors (Lipinski definition) is 2. The van der Waals surface area contributed by atoms with E-state index in [1.807, 2.05) is 41.3 Å². The number of phenolic OH excluding ortho intramolecular Hbond substituents is 2. The van der Waals surface area contributed by atoms with Crippen molar-refractivity contribution < 1.29 is 15.0 Å². The third-order valence-electron chi connectivity index (χ3n) is 5.04. The van der Waals surface area contributed by atoms with E-state index in [1.165, 1.54) is 6.07 Å². The summed E-state index contributed by atoms with van der Waals surface area (Å²) in [6.45, 7) is 5.03. The smallest absolute Gasteiger partial charge is 0.193 e. The lowest BCUT2D eigenvalue weighted by atomic mass is 9.87. The number of phenols is 2. The molecule has 0 saturated carbocycles. The Morgan fingerprint density at radius 3 is 2.50 bits per heavy atom. The van der Waals surface area contributed by atoms with Crippen molar-refractivity contribution in [1.82, 2.24) is 4.90 Å². The minimum absolute atomic E-state index is 0.0298. The maximum absolute atomic E-state index is 12.7. The van der Waals surface area contributed by atoms with Crippen LogP contribution in [0.5, 0.6) is 11.5 Å². The van der Waals surface area contributed by atoms with Gasteiger partial charge in [0.25, 0.3) is 0 Å². The molecule has 0 fully saturated rings. The summed E-state index contributed by atoms with van der Waals surface area (Å²) >= 11 is 0. The molecule has 0 atom stereocenters. The predicted octanol–water partition coefficient (Wildman–Crippen LogP) is 3.11. The molecular weight excluding hydrogens is 349 g/mol. The number of carbonyl (C=O) groups is 1. The van der Waals surface area contributed by atoms with Crippen molar-refractivity contribution in [3.05, 3.63) is 95.1 Å². The molecule has 3 aromatic rings. The van der Waals surface area contributed by atoms with Crippen LogP contribution in [0.2, 0.25) is 0 Å². The zero-order valence-corrected chi connectivity index (χ0v) is 15.2. The lowest BCUT2D eigenvalue weighted by Gasteiger charge is -2.20. The van der Waals surface area contributed by atoms with Gasteiger partial charge in [0.05, 0.1) is 0 Å². The first-order chi connectivity index (χ1) is 13.5. The molecule has 0 saturated heterocycles. The van der Waals surface area contributed by atoms with E-state index in [9.17, 15) is 15.0 Å². The van der Waals surface area contributed by atoms with Crippen molar-refractivity contribution in [2.75, 3.05) is 0 Å². The summed E-state index contributed by atoms with van der Waals surface area (Å²) in [5.74, 6) is -0.489. The van der Waals surface area contributed by atoms with Crippen LogP contribution in [0.4, 0.5) is 0 Å². The fourth-order valence-corrected chi connectivity index (χ4v) is 3.58. The number of benzene rings is 3. The third kappa shape index (κ3) is 3.05. The molecule has 3 aromatic carbocycles. The molecular formula is C23H18BNO3. The molecule has 0 spiro atoms. The van der Waals surface area contributed by atoms with Crippen LogP contribution in [0.25, 0.3) is 5.70 Å². The van der Waals surface area contributed by atoms with Gasteiger partial charge >= 0.3 is 0 Å². The van der Waals surface area contributed by atoms with Gasteiger partial charge in [-0.1, -0.05) is 60.6 Å². The molecule has 4 nitrogen and oxygen atoms in total. The summed E-state index contributed by atoms with van der Waals surface area (Å²) in [6.07, 6.45) is 0. The molecule has 1 aliphatic rings. The van der Waals surface area contributed by atoms with Gasteiger partial charge in [-0.3, -0.25) is 4.79 Å². The SMILES string of the molecule is [B]c1cc(O)c(O)c2c1CN(Cc1cccc(C(=O)c3ccccc3)c1)C2=C. The van der Waals surface area contributed by atoms with E-state index in [4.69, 9.17) is 7.85 Å². The van der Waals surface area contributed by atoms with Crippen LogP contribution in [-0.4, -0.2) is 28.7 Å². The summed E-state index contributed by atoms with van der Waals surface area (Å²) in [5.41, 5.74) is 4.44. The molecule has 0 bridgehead atoms. The second kappa shape index (κ2) is 6.93. The molecule has 2 N–H and O–H groups in total. The molecule has 0 aliphatic carbocycles. The second-order valence-corrected chi connectivity index (χ2v) is 6.89. The summed E-state index contributed by atoms with van der Waals surface area (Å²) in [6, 6.07) is 18.0. The Kier molecular flexibility index (Phi) is 4.43. The average molecular weight is 367 g/mol.